The summed E-state index contributed by atoms with van der Waals surface area (Å²) in [5.41, 5.74) is 1.09. The highest BCUT2D eigenvalue weighted by atomic mass is 127. The molecule has 2 aromatic heterocycles. The van der Waals surface area contributed by atoms with E-state index in [9.17, 15) is 4.79 Å². The zero-order valence-electron chi connectivity index (χ0n) is 9.90. The third kappa shape index (κ3) is 2.59. The van der Waals surface area contributed by atoms with Gasteiger partial charge in [-0.2, -0.15) is 4.73 Å². The van der Waals surface area contributed by atoms with Gasteiger partial charge in [0.15, 0.2) is 0 Å². The fourth-order valence-corrected chi connectivity index (χ4v) is 1.72. The standard InChI is InChI=1S/C12H13IN2O2/c1-12(2,3)11(16)17-15-7-6-8-9(15)4-5-10(13)14-8/h4-7H,1-3H3. The van der Waals surface area contributed by atoms with E-state index in [1.165, 1.54) is 4.73 Å². The summed E-state index contributed by atoms with van der Waals surface area (Å²) in [6.45, 7) is 5.46. The van der Waals surface area contributed by atoms with E-state index in [1.54, 1.807) is 6.20 Å². The summed E-state index contributed by atoms with van der Waals surface area (Å²) in [4.78, 5) is 21.4. The zero-order valence-corrected chi connectivity index (χ0v) is 12.1. The molecule has 2 heterocycles. The van der Waals surface area contributed by atoms with E-state index in [2.05, 4.69) is 27.6 Å². The van der Waals surface area contributed by atoms with Gasteiger partial charge in [0.1, 0.15) is 9.22 Å². The van der Waals surface area contributed by atoms with Crippen LogP contribution in [-0.4, -0.2) is 15.7 Å². The number of hydrogen-bond donors (Lipinski definition) is 0. The van der Waals surface area contributed by atoms with Crippen molar-refractivity contribution < 1.29 is 9.63 Å². The first-order valence-electron chi connectivity index (χ1n) is 5.24. The molecule has 0 saturated heterocycles. The van der Waals surface area contributed by atoms with E-state index >= 15 is 0 Å². The minimum atomic E-state index is -0.521. The Balaban J connectivity index is 2.35. The summed E-state index contributed by atoms with van der Waals surface area (Å²) in [7, 11) is 0. The molecule has 0 aliphatic heterocycles. The van der Waals surface area contributed by atoms with Gasteiger partial charge in [0.05, 0.1) is 10.9 Å². The highest BCUT2D eigenvalue weighted by molar-refractivity contribution is 14.1. The van der Waals surface area contributed by atoms with Gasteiger partial charge < -0.3 is 4.84 Å². The molecule has 2 rings (SSSR count). The van der Waals surface area contributed by atoms with Crippen molar-refractivity contribution in [1.82, 2.24) is 9.71 Å². The molecule has 90 valence electrons. The molecule has 0 saturated carbocycles. The van der Waals surface area contributed by atoms with Crippen molar-refractivity contribution in [2.45, 2.75) is 20.8 Å². The van der Waals surface area contributed by atoms with Gasteiger partial charge >= 0.3 is 5.97 Å². The smallest absolute Gasteiger partial charge is 0.336 e. The Hall–Kier alpha value is -1.11. The second-order valence-corrected chi connectivity index (χ2v) is 5.91. The van der Waals surface area contributed by atoms with Gasteiger partial charge in [-0.05, 0) is 61.6 Å². The zero-order chi connectivity index (χ0) is 12.6. The van der Waals surface area contributed by atoms with E-state index in [0.717, 1.165) is 14.7 Å². The molecule has 0 aromatic carbocycles. The Kier molecular flexibility index (Phi) is 3.11. The summed E-state index contributed by atoms with van der Waals surface area (Å²) < 4.78 is 2.38. The van der Waals surface area contributed by atoms with Crippen LogP contribution in [0.1, 0.15) is 20.8 Å². The second-order valence-electron chi connectivity index (χ2n) is 4.81. The molecule has 0 bridgehead atoms. The van der Waals surface area contributed by atoms with E-state index in [4.69, 9.17) is 4.84 Å². The lowest BCUT2D eigenvalue weighted by atomic mass is 9.98. The van der Waals surface area contributed by atoms with Crippen LogP contribution in [0.5, 0.6) is 0 Å². The molecule has 0 aliphatic carbocycles. The quantitative estimate of drug-likeness (QED) is 0.590. The molecule has 0 atom stereocenters. The van der Waals surface area contributed by atoms with Crippen molar-refractivity contribution in [3.05, 3.63) is 28.1 Å². The number of hydrogen-bond acceptors (Lipinski definition) is 3. The molecule has 5 heteroatoms. The van der Waals surface area contributed by atoms with Gasteiger partial charge in [0, 0.05) is 6.20 Å². The predicted octanol–water partition coefficient (Wildman–Crippen LogP) is 2.64. The third-order valence-electron chi connectivity index (χ3n) is 2.27. The molecular formula is C12H13IN2O2. The van der Waals surface area contributed by atoms with Crippen LogP contribution in [0.25, 0.3) is 11.0 Å². The molecule has 2 aromatic rings. The Morgan fingerprint density at radius 1 is 1.35 bits per heavy atom. The third-order valence-corrected chi connectivity index (χ3v) is 2.87. The predicted molar refractivity (Wildman–Crippen MR) is 73.5 cm³/mol. The Morgan fingerprint density at radius 3 is 2.71 bits per heavy atom. The SMILES string of the molecule is CC(C)(C)C(=O)On1ccc2nc(I)ccc21. The number of nitrogens with zero attached hydrogens (tertiary/aromatic N) is 2. The highest BCUT2D eigenvalue weighted by Crippen LogP contribution is 2.17. The summed E-state index contributed by atoms with van der Waals surface area (Å²) in [6.07, 6.45) is 1.71. The summed E-state index contributed by atoms with van der Waals surface area (Å²) >= 11 is 2.15. The van der Waals surface area contributed by atoms with Crippen LogP contribution in [0.4, 0.5) is 0 Å². The van der Waals surface area contributed by atoms with Gasteiger partial charge in [0.25, 0.3) is 0 Å². The molecule has 0 radical (unpaired) electrons. The van der Waals surface area contributed by atoms with Crippen molar-refractivity contribution >= 4 is 39.6 Å². The number of pyridine rings is 1. The van der Waals surface area contributed by atoms with Crippen molar-refractivity contribution in [2.75, 3.05) is 0 Å². The first-order valence-corrected chi connectivity index (χ1v) is 6.32. The number of halogens is 1. The molecule has 0 fully saturated rings. The minimum absolute atomic E-state index is 0.270. The maximum absolute atomic E-state index is 11.8. The van der Waals surface area contributed by atoms with Crippen molar-refractivity contribution in [3.8, 4) is 0 Å². The molecule has 0 spiro atoms. The van der Waals surface area contributed by atoms with Crippen LogP contribution in [0.15, 0.2) is 24.4 Å². The summed E-state index contributed by atoms with van der Waals surface area (Å²) in [5, 5.41) is 0. The lowest BCUT2D eigenvalue weighted by molar-refractivity contribution is -0.152. The van der Waals surface area contributed by atoms with Gasteiger partial charge in [-0.1, -0.05) is 0 Å². The number of aromatic nitrogens is 2. The lowest BCUT2D eigenvalue weighted by Crippen LogP contribution is -2.30. The van der Waals surface area contributed by atoms with Crippen LogP contribution in [0, 0.1) is 9.12 Å². The van der Waals surface area contributed by atoms with Crippen LogP contribution >= 0.6 is 22.6 Å². The summed E-state index contributed by atoms with van der Waals surface area (Å²) in [5.74, 6) is -0.270. The van der Waals surface area contributed by atoms with Crippen LogP contribution in [-0.2, 0) is 4.79 Å². The van der Waals surface area contributed by atoms with Crippen molar-refractivity contribution in [3.63, 3.8) is 0 Å². The van der Waals surface area contributed by atoms with Gasteiger partial charge in [-0.15, -0.1) is 0 Å². The normalized spacial score (nSPS) is 11.8. The first kappa shape index (κ1) is 12.3. The van der Waals surface area contributed by atoms with E-state index in [-0.39, 0.29) is 5.97 Å². The average molecular weight is 344 g/mol. The number of fused-ring (bicyclic) bond motifs is 1. The molecule has 0 aliphatic rings. The summed E-state index contributed by atoms with van der Waals surface area (Å²) in [6, 6.07) is 5.60. The maximum Gasteiger partial charge on any atom is 0.338 e. The lowest BCUT2D eigenvalue weighted by Gasteiger charge is -2.16. The average Bonchev–Trinajstić information content (AvgIpc) is 2.59. The molecule has 4 nitrogen and oxygen atoms in total. The fraction of sp³-hybridized carbons (Fsp3) is 0.333. The minimum Gasteiger partial charge on any atom is -0.336 e. The first-order chi connectivity index (χ1) is 7.88. The van der Waals surface area contributed by atoms with Crippen LogP contribution < -0.4 is 4.84 Å². The Morgan fingerprint density at radius 2 is 2.06 bits per heavy atom. The van der Waals surface area contributed by atoms with Crippen molar-refractivity contribution in [1.29, 1.82) is 0 Å². The molecule has 0 amide bonds. The van der Waals surface area contributed by atoms with E-state index < -0.39 is 5.41 Å². The van der Waals surface area contributed by atoms with Gasteiger partial charge in [0.2, 0.25) is 0 Å². The van der Waals surface area contributed by atoms with E-state index in [1.807, 2.05) is 39.0 Å². The Labute approximate surface area is 113 Å². The van der Waals surface area contributed by atoms with Crippen LogP contribution in [0.2, 0.25) is 0 Å². The Bertz CT molecular complexity index is 569. The topological polar surface area (TPSA) is 44.1 Å². The molecule has 0 unspecified atom stereocenters. The largest absolute Gasteiger partial charge is 0.338 e. The van der Waals surface area contributed by atoms with Gasteiger partial charge in [-0.3, -0.25) is 0 Å². The number of carbonyl (C=O) groups excluding carboxylic acids is 1. The van der Waals surface area contributed by atoms with Crippen molar-refractivity contribution in [2.24, 2.45) is 5.41 Å². The maximum atomic E-state index is 11.8. The molecule has 17 heavy (non-hydrogen) atoms. The highest BCUT2D eigenvalue weighted by Gasteiger charge is 2.24. The molecular weight excluding hydrogens is 331 g/mol. The number of rotatable bonds is 1. The fourth-order valence-electron chi connectivity index (χ4n) is 1.28. The molecule has 0 N–H and O–H groups in total. The second kappa shape index (κ2) is 4.29. The van der Waals surface area contributed by atoms with E-state index in [0.29, 0.717) is 0 Å². The number of carbonyl (C=O) groups is 1. The van der Waals surface area contributed by atoms with Gasteiger partial charge in [-0.25, -0.2) is 9.78 Å². The van der Waals surface area contributed by atoms with Crippen LogP contribution in [0.3, 0.4) is 0 Å². The monoisotopic (exact) mass is 344 g/mol.